The number of nitrogens with zero attached hydrogens (tertiary/aromatic N) is 3. The number of nitriles is 1. The molecule has 1 aliphatic rings. The molecule has 1 aromatic rings. The third-order valence-corrected chi connectivity index (χ3v) is 4.13. The normalized spacial score (nSPS) is 22.0. The third kappa shape index (κ3) is 2.36. The van der Waals surface area contributed by atoms with Gasteiger partial charge in [-0.2, -0.15) is 5.26 Å². The van der Waals surface area contributed by atoms with E-state index in [1.807, 2.05) is 6.92 Å². The van der Waals surface area contributed by atoms with Crippen molar-refractivity contribution >= 4 is 22.6 Å². The van der Waals surface area contributed by atoms with Gasteiger partial charge in [-0.25, -0.2) is 9.97 Å². The van der Waals surface area contributed by atoms with E-state index >= 15 is 0 Å². The highest BCUT2D eigenvalue weighted by molar-refractivity contribution is 14.1. The fourth-order valence-corrected chi connectivity index (χ4v) is 2.74. The Balaban J connectivity index is 2.45. The molecule has 0 radical (unpaired) electrons. The zero-order valence-electron chi connectivity index (χ0n) is 10.8. The van der Waals surface area contributed by atoms with E-state index in [9.17, 15) is 0 Å². The van der Waals surface area contributed by atoms with Crippen LogP contribution in [0.25, 0.3) is 0 Å². The minimum absolute atomic E-state index is 0.296. The van der Waals surface area contributed by atoms with E-state index in [0.717, 1.165) is 20.8 Å². The summed E-state index contributed by atoms with van der Waals surface area (Å²) in [5.41, 5.74) is 1.62. The molecule has 5 heteroatoms. The van der Waals surface area contributed by atoms with E-state index in [1.165, 1.54) is 0 Å². The molecule has 0 aromatic carbocycles. The molecule has 0 N–H and O–H groups in total. The first kappa shape index (κ1) is 13.7. The van der Waals surface area contributed by atoms with Crippen molar-refractivity contribution in [3.8, 4) is 6.07 Å². The molecule has 0 saturated heterocycles. The number of halogens is 1. The largest absolute Gasteiger partial charge is 0.364 e. The summed E-state index contributed by atoms with van der Waals surface area (Å²) in [6, 6.07) is 2.18. The van der Waals surface area contributed by atoms with E-state index in [0.29, 0.717) is 25.4 Å². The molecule has 1 atom stereocenters. The lowest BCUT2D eigenvalue weighted by Crippen LogP contribution is -2.23. The molecular formula is C13H16IN3O. The number of ether oxygens (including phenoxy) is 1. The Morgan fingerprint density at radius 1 is 1.50 bits per heavy atom. The molecule has 4 nitrogen and oxygen atoms in total. The zero-order valence-corrected chi connectivity index (χ0v) is 13.0. The van der Waals surface area contributed by atoms with Crippen molar-refractivity contribution in [1.29, 1.82) is 5.26 Å². The fraction of sp³-hybridized carbons (Fsp3) is 0.615. The van der Waals surface area contributed by atoms with Crippen LogP contribution in [-0.4, -0.2) is 9.97 Å². The van der Waals surface area contributed by atoms with Gasteiger partial charge in [0.2, 0.25) is 0 Å². The van der Waals surface area contributed by atoms with Crippen molar-refractivity contribution in [3.63, 3.8) is 0 Å². The molecule has 2 rings (SSSR count). The number of hydrogen-bond acceptors (Lipinski definition) is 4. The summed E-state index contributed by atoms with van der Waals surface area (Å²) in [7, 11) is 0. The van der Waals surface area contributed by atoms with Crippen molar-refractivity contribution in [2.75, 3.05) is 0 Å². The molecule has 0 saturated carbocycles. The van der Waals surface area contributed by atoms with Gasteiger partial charge in [0.15, 0.2) is 0 Å². The highest BCUT2D eigenvalue weighted by Crippen LogP contribution is 2.40. The molecule has 2 heterocycles. The Morgan fingerprint density at radius 3 is 2.83 bits per heavy atom. The van der Waals surface area contributed by atoms with Gasteiger partial charge in [-0.15, -0.1) is 0 Å². The van der Waals surface area contributed by atoms with Gasteiger partial charge in [-0.05, 0) is 35.9 Å². The Bertz CT molecular complexity index is 510. The molecule has 96 valence electrons. The van der Waals surface area contributed by atoms with Crippen molar-refractivity contribution in [2.24, 2.45) is 0 Å². The lowest BCUT2D eigenvalue weighted by molar-refractivity contribution is -0.0308. The first-order valence-corrected chi connectivity index (χ1v) is 7.13. The van der Waals surface area contributed by atoms with Gasteiger partial charge in [0.1, 0.15) is 15.1 Å². The average Bonchev–Trinajstić information content (AvgIpc) is 2.66. The van der Waals surface area contributed by atoms with E-state index in [4.69, 9.17) is 10.00 Å². The molecule has 18 heavy (non-hydrogen) atoms. The average molecular weight is 357 g/mol. The van der Waals surface area contributed by atoms with Crippen LogP contribution in [-0.2, 0) is 16.9 Å². The molecular weight excluding hydrogens is 341 g/mol. The van der Waals surface area contributed by atoms with E-state index in [1.54, 1.807) is 0 Å². The quantitative estimate of drug-likeness (QED) is 0.616. The SMILES string of the molecule is CC(C)c1nc(I)c2c(n1)C(C)(CCC#N)OC2. The van der Waals surface area contributed by atoms with Gasteiger partial charge in [0, 0.05) is 17.9 Å². The Kier molecular flexibility index (Phi) is 3.87. The summed E-state index contributed by atoms with van der Waals surface area (Å²) in [5.74, 6) is 1.15. The summed E-state index contributed by atoms with van der Waals surface area (Å²) >= 11 is 2.24. The minimum Gasteiger partial charge on any atom is -0.364 e. The lowest BCUT2D eigenvalue weighted by Gasteiger charge is -2.23. The van der Waals surface area contributed by atoms with Gasteiger partial charge < -0.3 is 4.74 Å². The van der Waals surface area contributed by atoms with Crippen LogP contribution in [0.5, 0.6) is 0 Å². The highest BCUT2D eigenvalue weighted by atomic mass is 127. The van der Waals surface area contributed by atoms with Crippen LogP contribution in [0, 0.1) is 15.0 Å². The summed E-state index contributed by atoms with van der Waals surface area (Å²) in [6.07, 6.45) is 1.16. The molecule has 0 spiro atoms. The standard InChI is InChI=1S/C13H16IN3O/c1-8(2)12-16-10-9(11(14)17-12)7-18-13(10,3)5-4-6-15/h8H,4-5,7H2,1-3H3. The van der Waals surface area contributed by atoms with Crippen molar-refractivity contribution in [1.82, 2.24) is 9.97 Å². The van der Waals surface area contributed by atoms with Crippen LogP contribution < -0.4 is 0 Å². The monoisotopic (exact) mass is 357 g/mol. The maximum atomic E-state index is 8.75. The minimum atomic E-state index is -0.433. The van der Waals surface area contributed by atoms with Crippen LogP contribution in [0.3, 0.4) is 0 Å². The van der Waals surface area contributed by atoms with Gasteiger partial charge in [-0.1, -0.05) is 13.8 Å². The molecule has 0 aliphatic carbocycles. The molecule has 1 aliphatic heterocycles. The van der Waals surface area contributed by atoms with Crippen molar-refractivity contribution in [3.05, 3.63) is 20.8 Å². The van der Waals surface area contributed by atoms with Crippen LogP contribution in [0.15, 0.2) is 0 Å². The summed E-state index contributed by atoms with van der Waals surface area (Å²) in [6.45, 7) is 6.73. The molecule has 0 bridgehead atoms. The van der Waals surface area contributed by atoms with Crippen molar-refractivity contribution in [2.45, 2.75) is 51.7 Å². The van der Waals surface area contributed by atoms with Crippen molar-refractivity contribution < 1.29 is 4.74 Å². The van der Waals surface area contributed by atoms with Gasteiger partial charge >= 0.3 is 0 Å². The van der Waals surface area contributed by atoms with Gasteiger partial charge in [-0.3, -0.25) is 0 Å². The second-order valence-electron chi connectivity index (χ2n) is 5.03. The van der Waals surface area contributed by atoms with Crippen LogP contribution in [0.1, 0.15) is 56.6 Å². The molecule has 1 aromatic heterocycles. The Hall–Kier alpha value is -0.740. The number of aromatic nitrogens is 2. The lowest BCUT2D eigenvalue weighted by atomic mass is 9.95. The van der Waals surface area contributed by atoms with E-state index in [2.05, 4.69) is 52.5 Å². The predicted molar refractivity (Wildman–Crippen MR) is 75.8 cm³/mol. The summed E-state index contributed by atoms with van der Waals surface area (Å²) < 4.78 is 6.84. The first-order valence-electron chi connectivity index (χ1n) is 6.05. The summed E-state index contributed by atoms with van der Waals surface area (Å²) in [4.78, 5) is 9.19. The first-order chi connectivity index (χ1) is 8.48. The predicted octanol–water partition coefficient (Wildman–Crippen LogP) is 3.25. The topological polar surface area (TPSA) is 58.8 Å². The number of fused-ring (bicyclic) bond motifs is 1. The van der Waals surface area contributed by atoms with Crippen LogP contribution in [0.2, 0.25) is 0 Å². The third-order valence-electron chi connectivity index (χ3n) is 3.24. The maximum Gasteiger partial charge on any atom is 0.132 e. The maximum absolute atomic E-state index is 8.75. The second kappa shape index (κ2) is 5.10. The highest BCUT2D eigenvalue weighted by Gasteiger charge is 2.39. The fourth-order valence-electron chi connectivity index (χ4n) is 2.08. The smallest absolute Gasteiger partial charge is 0.132 e. The van der Waals surface area contributed by atoms with Crippen LogP contribution >= 0.6 is 22.6 Å². The van der Waals surface area contributed by atoms with E-state index in [-0.39, 0.29) is 0 Å². The van der Waals surface area contributed by atoms with Gasteiger partial charge in [0.25, 0.3) is 0 Å². The van der Waals surface area contributed by atoms with E-state index < -0.39 is 5.60 Å². The second-order valence-corrected chi connectivity index (χ2v) is 6.05. The molecule has 1 unspecified atom stereocenters. The molecule has 0 amide bonds. The van der Waals surface area contributed by atoms with Crippen LogP contribution in [0.4, 0.5) is 0 Å². The number of hydrogen-bond donors (Lipinski definition) is 0. The zero-order chi connectivity index (χ0) is 13.3. The molecule has 0 fully saturated rings. The Morgan fingerprint density at radius 2 is 2.22 bits per heavy atom. The van der Waals surface area contributed by atoms with Gasteiger partial charge in [0.05, 0.1) is 18.4 Å². The Labute approximate surface area is 121 Å². The summed E-state index contributed by atoms with van der Waals surface area (Å²) in [5, 5.41) is 8.75. The number of rotatable bonds is 3.